The lowest BCUT2D eigenvalue weighted by Gasteiger charge is -2.17. The van der Waals surface area contributed by atoms with Gasteiger partial charge in [0.25, 0.3) is 0 Å². The molecule has 0 saturated carbocycles. The molecule has 17 heavy (non-hydrogen) atoms. The summed E-state index contributed by atoms with van der Waals surface area (Å²) in [6, 6.07) is 2.07. The minimum atomic E-state index is 0.00213. The third-order valence-electron chi connectivity index (χ3n) is 3.45. The molecule has 1 aromatic rings. The Bertz CT molecular complexity index is 423. The second kappa shape index (κ2) is 5.41. The fourth-order valence-electron chi connectivity index (χ4n) is 2.41. The third-order valence-corrected chi connectivity index (χ3v) is 3.45. The zero-order valence-electron chi connectivity index (χ0n) is 10.7. The molecule has 3 heteroatoms. The minimum Gasteiger partial charge on any atom is -0.320 e. The van der Waals surface area contributed by atoms with Crippen LogP contribution < -0.4 is 5.73 Å². The van der Waals surface area contributed by atoms with E-state index in [1.165, 1.54) is 31.3 Å². The molecular formula is C14H21N3. The Hall–Kier alpha value is -1.22. The lowest BCUT2D eigenvalue weighted by molar-refractivity contribution is 0.683. The standard InChI is InChI=1S/C14H21N3/c1-10-9-13(11(2)17-16-10)14(15)12-7-5-3-4-6-8-12/h7,9,14H,3-6,8,15H2,1-2H3. The highest BCUT2D eigenvalue weighted by molar-refractivity contribution is 5.31. The van der Waals surface area contributed by atoms with Crippen molar-refractivity contribution in [3.63, 3.8) is 0 Å². The molecule has 1 aliphatic carbocycles. The first kappa shape index (κ1) is 12.2. The van der Waals surface area contributed by atoms with Gasteiger partial charge >= 0.3 is 0 Å². The zero-order valence-corrected chi connectivity index (χ0v) is 10.7. The minimum absolute atomic E-state index is 0.00213. The SMILES string of the molecule is Cc1cc(C(N)C2=CCCCCC2)c(C)nn1. The van der Waals surface area contributed by atoms with Crippen LogP contribution in [-0.4, -0.2) is 10.2 Å². The molecule has 0 aliphatic heterocycles. The van der Waals surface area contributed by atoms with Gasteiger partial charge in [0.15, 0.2) is 0 Å². The molecule has 0 aromatic carbocycles. The molecule has 0 radical (unpaired) electrons. The van der Waals surface area contributed by atoms with E-state index in [2.05, 4.69) is 22.3 Å². The molecule has 3 nitrogen and oxygen atoms in total. The van der Waals surface area contributed by atoms with Crippen molar-refractivity contribution in [2.75, 3.05) is 0 Å². The van der Waals surface area contributed by atoms with E-state index in [-0.39, 0.29) is 6.04 Å². The Morgan fingerprint density at radius 2 is 2.00 bits per heavy atom. The van der Waals surface area contributed by atoms with E-state index in [1.807, 2.05) is 13.8 Å². The Labute approximate surface area is 103 Å². The first-order valence-corrected chi connectivity index (χ1v) is 6.44. The van der Waals surface area contributed by atoms with Crippen LogP contribution in [0.4, 0.5) is 0 Å². The van der Waals surface area contributed by atoms with Gasteiger partial charge in [-0.05, 0) is 51.2 Å². The highest BCUT2D eigenvalue weighted by Gasteiger charge is 2.16. The molecule has 2 N–H and O–H groups in total. The molecule has 0 amide bonds. The van der Waals surface area contributed by atoms with E-state index in [0.29, 0.717) is 0 Å². The molecule has 0 saturated heterocycles. The van der Waals surface area contributed by atoms with Crippen molar-refractivity contribution in [2.24, 2.45) is 5.73 Å². The summed E-state index contributed by atoms with van der Waals surface area (Å²) in [5.41, 5.74) is 10.8. The number of nitrogens with two attached hydrogens (primary N) is 1. The number of nitrogens with zero attached hydrogens (tertiary/aromatic N) is 2. The van der Waals surface area contributed by atoms with E-state index in [9.17, 15) is 0 Å². The van der Waals surface area contributed by atoms with Crippen molar-refractivity contribution in [2.45, 2.75) is 52.0 Å². The summed E-state index contributed by atoms with van der Waals surface area (Å²) >= 11 is 0. The van der Waals surface area contributed by atoms with Gasteiger partial charge in [-0.2, -0.15) is 10.2 Å². The van der Waals surface area contributed by atoms with Crippen molar-refractivity contribution in [3.05, 3.63) is 34.7 Å². The Morgan fingerprint density at radius 1 is 1.18 bits per heavy atom. The number of rotatable bonds is 2. The highest BCUT2D eigenvalue weighted by Crippen LogP contribution is 2.28. The van der Waals surface area contributed by atoms with Crippen molar-refractivity contribution in [1.29, 1.82) is 0 Å². The summed E-state index contributed by atoms with van der Waals surface area (Å²) in [5, 5.41) is 8.22. The Balaban J connectivity index is 2.26. The van der Waals surface area contributed by atoms with E-state index in [4.69, 9.17) is 5.73 Å². The highest BCUT2D eigenvalue weighted by atomic mass is 15.1. The summed E-state index contributed by atoms with van der Waals surface area (Å²) in [7, 11) is 0. The predicted octanol–water partition coefficient (Wildman–Crippen LogP) is 2.98. The third kappa shape index (κ3) is 2.91. The maximum absolute atomic E-state index is 6.37. The fourth-order valence-corrected chi connectivity index (χ4v) is 2.41. The van der Waals surface area contributed by atoms with Crippen molar-refractivity contribution in [1.82, 2.24) is 10.2 Å². The van der Waals surface area contributed by atoms with Gasteiger partial charge in [-0.25, -0.2) is 0 Å². The van der Waals surface area contributed by atoms with E-state index >= 15 is 0 Å². The van der Waals surface area contributed by atoms with Crippen LogP contribution in [0.25, 0.3) is 0 Å². The summed E-state index contributed by atoms with van der Waals surface area (Å²) in [6.45, 7) is 3.95. The second-order valence-electron chi connectivity index (χ2n) is 4.88. The average molecular weight is 231 g/mol. The zero-order chi connectivity index (χ0) is 12.3. The van der Waals surface area contributed by atoms with Crippen LogP contribution in [0, 0.1) is 13.8 Å². The summed E-state index contributed by atoms with van der Waals surface area (Å²) in [4.78, 5) is 0. The van der Waals surface area contributed by atoms with Crippen molar-refractivity contribution in [3.8, 4) is 0 Å². The Morgan fingerprint density at radius 3 is 2.82 bits per heavy atom. The van der Waals surface area contributed by atoms with Gasteiger partial charge in [0.1, 0.15) is 0 Å². The molecule has 1 heterocycles. The van der Waals surface area contributed by atoms with Crippen LogP contribution in [0.1, 0.15) is 55.1 Å². The normalized spacial score (nSPS) is 18.4. The average Bonchev–Trinajstić information content (AvgIpc) is 2.60. The summed E-state index contributed by atoms with van der Waals surface area (Å²) in [6.07, 6.45) is 8.49. The molecular weight excluding hydrogens is 210 g/mol. The van der Waals surface area contributed by atoms with Crippen molar-refractivity contribution < 1.29 is 0 Å². The summed E-state index contributed by atoms with van der Waals surface area (Å²) < 4.78 is 0. The number of allylic oxidation sites excluding steroid dienone is 1. The molecule has 92 valence electrons. The number of hydrogen-bond donors (Lipinski definition) is 1. The first-order valence-electron chi connectivity index (χ1n) is 6.44. The van der Waals surface area contributed by atoms with Gasteiger partial charge in [0, 0.05) is 0 Å². The van der Waals surface area contributed by atoms with Crippen LogP contribution in [0.15, 0.2) is 17.7 Å². The van der Waals surface area contributed by atoms with Crippen molar-refractivity contribution >= 4 is 0 Å². The molecule has 1 aliphatic rings. The number of aryl methyl sites for hydroxylation is 2. The second-order valence-corrected chi connectivity index (χ2v) is 4.88. The van der Waals surface area contributed by atoms with Crippen LogP contribution in [-0.2, 0) is 0 Å². The van der Waals surface area contributed by atoms with Gasteiger partial charge in [-0.15, -0.1) is 0 Å². The van der Waals surface area contributed by atoms with Gasteiger partial charge < -0.3 is 5.73 Å². The van der Waals surface area contributed by atoms with Crippen LogP contribution >= 0.6 is 0 Å². The van der Waals surface area contributed by atoms with E-state index in [0.717, 1.165) is 23.4 Å². The fraction of sp³-hybridized carbons (Fsp3) is 0.571. The van der Waals surface area contributed by atoms with Gasteiger partial charge in [-0.1, -0.05) is 18.1 Å². The molecule has 1 atom stereocenters. The largest absolute Gasteiger partial charge is 0.320 e. The maximum Gasteiger partial charge on any atom is 0.0651 e. The maximum atomic E-state index is 6.37. The lowest BCUT2D eigenvalue weighted by Crippen LogP contribution is -2.16. The molecule has 0 bridgehead atoms. The first-order chi connectivity index (χ1) is 8.18. The smallest absolute Gasteiger partial charge is 0.0651 e. The molecule has 0 fully saturated rings. The quantitative estimate of drug-likeness (QED) is 0.796. The Kier molecular flexibility index (Phi) is 3.89. The molecule has 1 aromatic heterocycles. The van der Waals surface area contributed by atoms with Crippen LogP contribution in [0.2, 0.25) is 0 Å². The van der Waals surface area contributed by atoms with E-state index in [1.54, 1.807) is 0 Å². The van der Waals surface area contributed by atoms with Gasteiger partial charge in [0.05, 0.1) is 17.4 Å². The van der Waals surface area contributed by atoms with Crippen LogP contribution in [0.3, 0.4) is 0 Å². The number of aromatic nitrogens is 2. The molecule has 2 rings (SSSR count). The van der Waals surface area contributed by atoms with Gasteiger partial charge in [-0.3, -0.25) is 0 Å². The lowest BCUT2D eigenvalue weighted by atomic mass is 9.95. The predicted molar refractivity (Wildman–Crippen MR) is 69.6 cm³/mol. The van der Waals surface area contributed by atoms with Crippen LogP contribution in [0.5, 0.6) is 0 Å². The monoisotopic (exact) mass is 231 g/mol. The number of hydrogen-bond acceptors (Lipinski definition) is 3. The topological polar surface area (TPSA) is 51.8 Å². The summed E-state index contributed by atoms with van der Waals surface area (Å²) in [5.74, 6) is 0. The van der Waals surface area contributed by atoms with E-state index < -0.39 is 0 Å². The molecule has 0 spiro atoms. The van der Waals surface area contributed by atoms with Gasteiger partial charge in [0.2, 0.25) is 0 Å². The molecule has 1 unspecified atom stereocenters.